The third-order valence-electron chi connectivity index (χ3n) is 3.24. The van der Waals surface area contributed by atoms with Crippen LogP contribution in [0.3, 0.4) is 0 Å². The van der Waals surface area contributed by atoms with Gasteiger partial charge in [-0.1, -0.05) is 20.8 Å². The Morgan fingerprint density at radius 2 is 2.05 bits per heavy atom. The largest absolute Gasteiger partial charge is 0.367 e. The highest BCUT2D eigenvalue weighted by molar-refractivity contribution is 5.93. The lowest BCUT2D eigenvalue weighted by Crippen LogP contribution is -2.36. The highest BCUT2D eigenvalue weighted by Gasteiger charge is 2.24. The summed E-state index contributed by atoms with van der Waals surface area (Å²) in [7, 11) is 3.46. The lowest BCUT2D eigenvalue weighted by Gasteiger charge is -2.31. The average Bonchev–Trinajstić information content (AvgIpc) is 2.37. The third kappa shape index (κ3) is 4.49. The molecular weight excluding hydrogens is 252 g/mol. The normalized spacial score (nSPS) is 12.9. The number of pyridine rings is 1. The second-order valence-electron chi connectivity index (χ2n) is 6.27. The molecule has 0 aromatic carbocycles. The van der Waals surface area contributed by atoms with Crippen LogP contribution < -0.4 is 11.1 Å². The zero-order valence-corrected chi connectivity index (χ0v) is 13.1. The summed E-state index contributed by atoms with van der Waals surface area (Å²) >= 11 is 0. The summed E-state index contributed by atoms with van der Waals surface area (Å²) in [6.07, 6.45) is 2.48. The van der Waals surface area contributed by atoms with Crippen LogP contribution in [-0.4, -0.2) is 42.5 Å². The van der Waals surface area contributed by atoms with Crippen molar-refractivity contribution in [2.45, 2.75) is 33.2 Å². The molecule has 1 atom stereocenters. The predicted octanol–water partition coefficient (Wildman–Crippen LogP) is 1.96. The molecule has 0 spiro atoms. The number of carbonyl (C=O) groups excluding carboxylic acids is 1. The Labute approximate surface area is 121 Å². The average molecular weight is 278 g/mol. The van der Waals surface area contributed by atoms with E-state index in [0.717, 1.165) is 12.2 Å². The topological polar surface area (TPSA) is 71.2 Å². The predicted molar refractivity (Wildman–Crippen MR) is 82.8 cm³/mol. The monoisotopic (exact) mass is 278 g/mol. The quantitative estimate of drug-likeness (QED) is 0.863. The van der Waals surface area contributed by atoms with E-state index in [4.69, 9.17) is 5.73 Å². The Bertz CT molecular complexity index is 434. The third-order valence-corrected chi connectivity index (χ3v) is 3.24. The molecule has 5 heteroatoms. The molecule has 1 unspecified atom stereocenters. The maximum Gasteiger partial charge on any atom is 0.254 e. The minimum atomic E-state index is -0.0432. The summed E-state index contributed by atoms with van der Waals surface area (Å²) in [5.41, 5.74) is 6.35. The van der Waals surface area contributed by atoms with Crippen LogP contribution in [0, 0.1) is 5.41 Å². The van der Waals surface area contributed by atoms with E-state index in [0.29, 0.717) is 12.1 Å². The number of aromatic nitrogens is 1. The fourth-order valence-electron chi connectivity index (χ4n) is 1.93. The number of nitrogens with two attached hydrogens (primary N) is 1. The van der Waals surface area contributed by atoms with Crippen LogP contribution in [0.15, 0.2) is 18.3 Å². The van der Waals surface area contributed by atoms with Crippen LogP contribution >= 0.6 is 0 Å². The Kier molecular flexibility index (Phi) is 5.51. The fraction of sp³-hybridized carbons (Fsp3) is 0.600. The number of carbonyl (C=O) groups is 1. The van der Waals surface area contributed by atoms with Crippen molar-refractivity contribution < 1.29 is 4.79 Å². The van der Waals surface area contributed by atoms with Crippen molar-refractivity contribution in [1.82, 2.24) is 9.88 Å². The maximum atomic E-state index is 11.8. The van der Waals surface area contributed by atoms with Crippen molar-refractivity contribution in [3.63, 3.8) is 0 Å². The van der Waals surface area contributed by atoms with Crippen LogP contribution in [0.2, 0.25) is 0 Å². The van der Waals surface area contributed by atoms with E-state index in [1.807, 2.05) is 6.07 Å². The van der Waals surface area contributed by atoms with Gasteiger partial charge in [-0.2, -0.15) is 0 Å². The van der Waals surface area contributed by atoms with Gasteiger partial charge in [-0.3, -0.25) is 4.79 Å². The van der Waals surface area contributed by atoms with E-state index >= 15 is 0 Å². The molecule has 20 heavy (non-hydrogen) atoms. The first-order valence-electron chi connectivity index (χ1n) is 6.90. The fourth-order valence-corrected chi connectivity index (χ4v) is 1.93. The van der Waals surface area contributed by atoms with Gasteiger partial charge in [0, 0.05) is 26.3 Å². The molecule has 0 aliphatic rings. The second-order valence-corrected chi connectivity index (χ2v) is 6.27. The molecule has 1 heterocycles. The lowest BCUT2D eigenvalue weighted by atomic mass is 9.85. The summed E-state index contributed by atoms with van der Waals surface area (Å²) in [5, 5.41) is 3.40. The smallest absolute Gasteiger partial charge is 0.254 e. The minimum absolute atomic E-state index is 0.0432. The number of nitrogens with zero attached hydrogens (tertiary/aromatic N) is 2. The first kappa shape index (κ1) is 16.4. The van der Waals surface area contributed by atoms with Gasteiger partial charge < -0.3 is 16.0 Å². The molecule has 5 nitrogen and oxygen atoms in total. The molecule has 1 amide bonds. The molecule has 0 saturated carbocycles. The molecule has 112 valence electrons. The number of rotatable bonds is 5. The van der Waals surface area contributed by atoms with Gasteiger partial charge >= 0.3 is 0 Å². The first-order chi connectivity index (χ1) is 9.25. The summed E-state index contributed by atoms with van der Waals surface area (Å²) in [6.45, 7) is 7.14. The molecule has 0 bridgehead atoms. The van der Waals surface area contributed by atoms with Crippen LogP contribution in [0.1, 0.15) is 37.6 Å². The van der Waals surface area contributed by atoms with E-state index in [1.165, 1.54) is 4.90 Å². The van der Waals surface area contributed by atoms with Crippen molar-refractivity contribution in [3.05, 3.63) is 23.9 Å². The van der Waals surface area contributed by atoms with Crippen molar-refractivity contribution in [3.8, 4) is 0 Å². The van der Waals surface area contributed by atoms with Gasteiger partial charge in [0.05, 0.1) is 5.56 Å². The van der Waals surface area contributed by atoms with E-state index < -0.39 is 0 Å². The van der Waals surface area contributed by atoms with E-state index in [-0.39, 0.29) is 17.4 Å². The number of anilines is 1. The summed E-state index contributed by atoms with van der Waals surface area (Å²) in [4.78, 5) is 17.6. The standard InChI is InChI=1S/C15H26N4O/c1-15(2,3)12(8-9-16)18-13-7-6-11(10-17-13)14(20)19(4)5/h6-7,10,12H,8-9,16H2,1-5H3,(H,17,18). The summed E-state index contributed by atoms with van der Waals surface area (Å²) < 4.78 is 0. The Morgan fingerprint density at radius 3 is 2.45 bits per heavy atom. The molecular formula is C15H26N4O. The van der Waals surface area contributed by atoms with Gasteiger partial charge in [0.2, 0.25) is 0 Å². The van der Waals surface area contributed by atoms with Crippen LogP contribution in [0.4, 0.5) is 5.82 Å². The number of hydrogen-bond donors (Lipinski definition) is 2. The van der Waals surface area contributed by atoms with Crippen molar-refractivity contribution in [2.24, 2.45) is 11.1 Å². The van der Waals surface area contributed by atoms with Crippen molar-refractivity contribution >= 4 is 11.7 Å². The number of hydrogen-bond acceptors (Lipinski definition) is 4. The van der Waals surface area contributed by atoms with Gasteiger partial charge in [-0.25, -0.2) is 4.98 Å². The Hall–Kier alpha value is -1.62. The van der Waals surface area contributed by atoms with Crippen molar-refractivity contribution in [2.75, 3.05) is 26.0 Å². The molecule has 0 radical (unpaired) electrons. The van der Waals surface area contributed by atoms with E-state index in [2.05, 4.69) is 31.1 Å². The summed E-state index contributed by atoms with van der Waals surface area (Å²) in [6, 6.07) is 3.88. The SMILES string of the molecule is CN(C)C(=O)c1ccc(NC(CCN)C(C)(C)C)nc1. The highest BCUT2D eigenvalue weighted by Crippen LogP contribution is 2.24. The van der Waals surface area contributed by atoms with E-state index in [1.54, 1.807) is 26.4 Å². The van der Waals surface area contributed by atoms with Gasteiger partial charge in [-0.15, -0.1) is 0 Å². The maximum absolute atomic E-state index is 11.8. The lowest BCUT2D eigenvalue weighted by molar-refractivity contribution is 0.0827. The van der Waals surface area contributed by atoms with Crippen LogP contribution in [-0.2, 0) is 0 Å². The van der Waals surface area contributed by atoms with Crippen LogP contribution in [0.5, 0.6) is 0 Å². The zero-order chi connectivity index (χ0) is 15.3. The van der Waals surface area contributed by atoms with Crippen molar-refractivity contribution in [1.29, 1.82) is 0 Å². The minimum Gasteiger partial charge on any atom is -0.367 e. The van der Waals surface area contributed by atoms with Gasteiger partial charge in [0.1, 0.15) is 5.82 Å². The molecule has 1 aromatic rings. The Balaban J connectivity index is 2.80. The molecule has 0 fully saturated rings. The Morgan fingerprint density at radius 1 is 1.40 bits per heavy atom. The molecule has 3 N–H and O–H groups in total. The number of nitrogens with one attached hydrogen (secondary N) is 1. The molecule has 0 saturated heterocycles. The number of amides is 1. The highest BCUT2D eigenvalue weighted by atomic mass is 16.2. The molecule has 1 aromatic heterocycles. The van der Waals surface area contributed by atoms with E-state index in [9.17, 15) is 4.79 Å². The van der Waals surface area contributed by atoms with Gasteiger partial charge in [0.25, 0.3) is 5.91 Å². The zero-order valence-electron chi connectivity index (χ0n) is 13.1. The molecule has 0 aliphatic heterocycles. The first-order valence-corrected chi connectivity index (χ1v) is 6.90. The van der Waals surface area contributed by atoms with Gasteiger partial charge in [-0.05, 0) is 30.5 Å². The molecule has 0 aliphatic carbocycles. The van der Waals surface area contributed by atoms with Crippen LogP contribution in [0.25, 0.3) is 0 Å². The molecule has 1 rings (SSSR count). The summed E-state index contributed by atoms with van der Waals surface area (Å²) in [5.74, 6) is 0.729. The van der Waals surface area contributed by atoms with Gasteiger partial charge in [0.15, 0.2) is 0 Å². The second kappa shape index (κ2) is 6.70.